The maximum absolute atomic E-state index is 12.8. The normalized spacial score (nSPS) is 16.0. The second-order valence-electron chi connectivity index (χ2n) is 6.29. The van der Waals surface area contributed by atoms with Crippen LogP contribution >= 0.6 is 0 Å². The maximum Gasteiger partial charge on any atom is 0.280 e. The number of amides is 1. The summed E-state index contributed by atoms with van der Waals surface area (Å²) >= 11 is 0. The predicted molar refractivity (Wildman–Crippen MR) is 98.8 cm³/mol. The van der Waals surface area contributed by atoms with Crippen LogP contribution in [0.25, 0.3) is 0 Å². The number of aryl methyl sites for hydroxylation is 2. The zero-order chi connectivity index (χ0) is 20.3. The SMILES string of the molecule is Cc1cc(C)c(C#N)c(=NC(=O)c2cccc(S(=O)(=O)N3CCOCC3)c2)o1. The minimum absolute atomic E-state index is 0.00770. The second-order valence-corrected chi connectivity index (χ2v) is 8.23. The van der Waals surface area contributed by atoms with Crippen LogP contribution in [0.15, 0.2) is 44.6 Å². The van der Waals surface area contributed by atoms with Gasteiger partial charge in [-0.2, -0.15) is 14.6 Å². The summed E-state index contributed by atoms with van der Waals surface area (Å²) in [4.78, 5) is 16.5. The fourth-order valence-corrected chi connectivity index (χ4v) is 4.33. The van der Waals surface area contributed by atoms with Crippen molar-refractivity contribution in [3.8, 4) is 6.07 Å². The molecular weight excluding hydrogens is 382 g/mol. The Morgan fingerprint density at radius 2 is 1.93 bits per heavy atom. The van der Waals surface area contributed by atoms with E-state index in [4.69, 9.17) is 9.15 Å². The van der Waals surface area contributed by atoms with Gasteiger partial charge in [0.05, 0.1) is 18.1 Å². The Balaban J connectivity index is 1.99. The fourth-order valence-electron chi connectivity index (χ4n) is 2.88. The quantitative estimate of drug-likeness (QED) is 0.771. The summed E-state index contributed by atoms with van der Waals surface area (Å²) in [6, 6.07) is 9.32. The van der Waals surface area contributed by atoms with Crippen LogP contribution < -0.4 is 5.55 Å². The zero-order valence-corrected chi connectivity index (χ0v) is 16.3. The van der Waals surface area contributed by atoms with Crippen molar-refractivity contribution in [3.63, 3.8) is 0 Å². The highest BCUT2D eigenvalue weighted by atomic mass is 32.2. The highest BCUT2D eigenvalue weighted by Gasteiger charge is 2.26. The average Bonchev–Trinajstić information content (AvgIpc) is 2.68. The number of hydrogen-bond acceptors (Lipinski definition) is 6. The molecule has 0 atom stereocenters. The molecule has 2 heterocycles. The van der Waals surface area contributed by atoms with E-state index in [1.807, 2.05) is 6.07 Å². The summed E-state index contributed by atoms with van der Waals surface area (Å²) in [6.45, 7) is 4.60. The summed E-state index contributed by atoms with van der Waals surface area (Å²) in [5, 5.41) is 9.29. The number of ether oxygens (including phenoxy) is 1. The largest absolute Gasteiger partial charge is 0.442 e. The molecule has 1 aromatic carbocycles. The molecule has 1 amide bonds. The number of benzene rings is 1. The topological polar surface area (TPSA) is 113 Å². The zero-order valence-electron chi connectivity index (χ0n) is 15.5. The monoisotopic (exact) mass is 401 g/mol. The van der Waals surface area contributed by atoms with E-state index in [-0.39, 0.29) is 34.7 Å². The third kappa shape index (κ3) is 4.04. The van der Waals surface area contributed by atoms with Crippen LogP contribution in [0.3, 0.4) is 0 Å². The highest BCUT2D eigenvalue weighted by molar-refractivity contribution is 7.89. The lowest BCUT2D eigenvalue weighted by molar-refractivity contribution is 0.0730. The highest BCUT2D eigenvalue weighted by Crippen LogP contribution is 2.19. The standard InChI is InChI=1S/C19H19N3O5S/c1-13-10-14(2)27-19(17(13)12-20)21-18(23)15-4-3-5-16(11-15)28(24,25)22-6-8-26-9-7-22/h3-5,10-11H,6-9H2,1-2H3. The van der Waals surface area contributed by atoms with Gasteiger partial charge >= 0.3 is 0 Å². The third-order valence-electron chi connectivity index (χ3n) is 4.29. The molecule has 0 N–H and O–H groups in total. The van der Waals surface area contributed by atoms with Gasteiger partial charge in [0.25, 0.3) is 5.91 Å². The van der Waals surface area contributed by atoms with Crippen LogP contribution in [-0.2, 0) is 14.8 Å². The van der Waals surface area contributed by atoms with Crippen LogP contribution in [0, 0.1) is 25.2 Å². The van der Waals surface area contributed by atoms with Gasteiger partial charge in [0, 0.05) is 18.7 Å². The van der Waals surface area contributed by atoms with Crippen LogP contribution in [-0.4, -0.2) is 44.9 Å². The number of nitrogens with zero attached hydrogens (tertiary/aromatic N) is 3. The molecule has 3 rings (SSSR count). The van der Waals surface area contributed by atoms with E-state index in [0.717, 1.165) is 0 Å². The maximum atomic E-state index is 12.8. The first-order chi connectivity index (χ1) is 13.3. The van der Waals surface area contributed by atoms with Gasteiger partial charge in [0.15, 0.2) is 0 Å². The molecule has 1 aliphatic rings. The molecule has 8 nitrogen and oxygen atoms in total. The first-order valence-electron chi connectivity index (χ1n) is 8.61. The van der Waals surface area contributed by atoms with E-state index < -0.39 is 15.9 Å². The van der Waals surface area contributed by atoms with Crippen molar-refractivity contribution in [1.82, 2.24) is 4.31 Å². The molecular formula is C19H19N3O5S. The van der Waals surface area contributed by atoms with Crippen molar-refractivity contribution in [2.75, 3.05) is 26.3 Å². The molecule has 0 saturated carbocycles. The van der Waals surface area contributed by atoms with Crippen LogP contribution in [0.5, 0.6) is 0 Å². The minimum atomic E-state index is -3.73. The van der Waals surface area contributed by atoms with Crippen molar-refractivity contribution in [2.24, 2.45) is 4.99 Å². The molecule has 1 aliphatic heterocycles. The fraction of sp³-hybridized carbons (Fsp3) is 0.316. The Hall–Kier alpha value is -2.80. The number of sulfonamides is 1. The Labute approximate surface area is 162 Å². The van der Waals surface area contributed by atoms with Crippen LogP contribution in [0.2, 0.25) is 0 Å². The third-order valence-corrected chi connectivity index (χ3v) is 6.18. The Morgan fingerprint density at radius 1 is 1.21 bits per heavy atom. The van der Waals surface area contributed by atoms with Gasteiger partial charge in [-0.3, -0.25) is 4.79 Å². The van der Waals surface area contributed by atoms with Crippen molar-refractivity contribution in [2.45, 2.75) is 18.7 Å². The average molecular weight is 401 g/mol. The van der Waals surface area contributed by atoms with E-state index in [9.17, 15) is 18.5 Å². The number of carbonyl (C=O) groups excluding carboxylic acids is 1. The summed E-state index contributed by atoms with van der Waals surface area (Å²) in [5.74, 6) is -0.184. The van der Waals surface area contributed by atoms with Gasteiger partial charge in [-0.1, -0.05) is 6.07 Å². The van der Waals surface area contributed by atoms with E-state index >= 15 is 0 Å². The molecule has 0 radical (unpaired) electrons. The van der Waals surface area contributed by atoms with Crippen molar-refractivity contribution in [3.05, 3.63) is 58.3 Å². The second kappa shape index (κ2) is 8.06. The molecule has 9 heteroatoms. The smallest absolute Gasteiger partial charge is 0.280 e. The van der Waals surface area contributed by atoms with E-state index in [0.29, 0.717) is 24.5 Å². The van der Waals surface area contributed by atoms with Gasteiger partial charge in [-0.25, -0.2) is 8.42 Å². The number of rotatable bonds is 3. The van der Waals surface area contributed by atoms with Crippen molar-refractivity contribution < 1.29 is 22.4 Å². The number of nitriles is 1. The van der Waals surface area contributed by atoms with Crippen LogP contribution in [0.4, 0.5) is 0 Å². The molecule has 0 unspecified atom stereocenters. The lowest BCUT2D eigenvalue weighted by Gasteiger charge is -2.26. The molecule has 0 spiro atoms. The molecule has 1 aromatic heterocycles. The first kappa shape index (κ1) is 19.9. The molecule has 1 fully saturated rings. The van der Waals surface area contributed by atoms with Gasteiger partial charge in [0.1, 0.15) is 17.4 Å². The Kier molecular flexibility index (Phi) is 5.74. The number of carbonyl (C=O) groups is 1. The molecule has 28 heavy (non-hydrogen) atoms. The van der Waals surface area contributed by atoms with Gasteiger partial charge in [0.2, 0.25) is 15.6 Å². The Morgan fingerprint density at radius 3 is 2.61 bits per heavy atom. The van der Waals surface area contributed by atoms with E-state index in [1.165, 1.54) is 28.6 Å². The summed E-state index contributed by atoms with van der Waals surface area (Å²) in [6.07, 6.45) is 0. The summed E-state index contributed by atoms with van der Waals surface area (Å²) < 4.78 is 37.5. The molecule has 146 valence electrons. The van der Waals surface area contributed by atoms with Crippen molar-refractivity contribution >= 4 is 15.9 Å². The Bertz CT molecular complexity index is 1120. The minimum Gasteiger partial charge on any atom is -0.442 e. The van der Waals surface area contributed by atoms with Gasteiger partial charge < -0.3 is 9.15 Å². The molecule has 0 aliphatic carbocycles. The van der Waals surface area contributed by atoms with Gasteiger partial charge in [-0.15, -0.1) is 0 Å². The van der Waals surface area contributed by atoms with E-state index in [1.54, 1.807) is 19.9 Å². The molecule has 1 saturated heterocycles. The summed E-state index contributed by atoms with van der Waals surface area (Å²) in [7, 11) is -3.73. The van der Waals surface area contributed by atoms with Gasteiger partial charge in [-0.05, 0) is 43.7 Å². The molecule has 0 bridgehead atoms. The first-order valence-corrected chi connectivity index (χ1v) is 10.1. The van der Waals surface area contributed by atoms with E-state index in [2.05, 4.69) is 4.99 Å². The molecule has 2 aromatic rings. The number of morpholine rings is 1. The summed E-state index contributed by atoms with van der Waals surface area (Å²) in [5.41, 5.74) is 0.802. The number of hydrogen-bond donors (Lipinski definition) is 0. The van der Waals surface area contributed by atoms with Crippen molar-refractivity contribution in [1.29, 1.82) is 5.26 Å². The lowest BCUT2D eigenvalue weighted by Crippen LogP contribution is -2.40. The van der Waals surface area contributed by atoms with Crippen LogP contribution in [0.1, 0.15) is 27.2 Å². The lowest BCUT2D eigenvalue weighted by atomic mass is 10.1. The predicted octanol–water partition coefficient (Wildman–Crippen LogP) is 1.53.